The number of anilines is 1. The van der Waals surface area contributed by atoms with Crippen LogP contribution in [0.25, 0.3) is 0 Å². The third kappa shape index (κ3) is 2.42. The predicted octanol–water partition coefficient (Wildman–Crippen LogP) is 2.16. The van der Waals surface area contributed by atoms with Crippen molar-refractivity contribution in [2.24, 2.45) is 0 Å². The molecule has 94 valence electrons. The zero-order valence-electron chi connectivity index (χ0n) is 9.69. The minimum Gasteiger partial charge on any atom is -0.383 e. The molecule has 2 aromatic heterocycles. The minimum atomic E-state index is -0.417. The van der Waals surface area contributed by atoms with Gasteiger partial charge in [0.15, 0.2) is 0 Å². The number of nitrogen functional groups attached to an aromatic ring is 1. The van der Waals surface area contributed by atoms with Crippen molar-refractivity contribution in [1.82, 2.24) is 15.3 Å². The van der Waals surface area contributed by atoms with Crippen molar-refractivity contribution < 1.29 is 4.39 Å². The Kier molecular flexibility index (Phi) is 3.74. The number of hydrogen-bond acceptors (Lipinski definition) is 4. The number of aromatic nitrogens is 2. The second-order valence-electron chi connectivity index (χ2n) is 3.75. The second-order valence-corrected chi connectivity index (χ2v) is 4.18. The molecule has 3 N–H and O–H groups in total. The van der Waals surface area contributed by atoms with Crippen LogP contribution in [0.1, 0.15) is 17.2 Å². The lowest BCUT2D eigenvalue weighted by Crippen LogP contribution is -2.20. The van der Waals surface area contributed by atoms with Gasteiger partial charge in [-0.3, -0.25) is 4.98 Å². The largest absolute Gasteiger partial charge is 0.383 e. The third-order valence-electron chi connectivity index (χ3n) is 2.63. The van der Waals surface area contributed by atoms with Crippen LogP contribution in [-0.4, -0.2) is 17.0 Å². The van der Waals surface area contributed by atoms with E-state index in [1.165, 1.54) is 12.4 Å². The second kappa shape index (κ2) is 5.29. The summed E-state index contributed by atoms with van der Waals surface area (Å²) in [4.78, 5) is 7.69. The molecule has 0 bridgehead atoms. The summed E-state index contributed by atoms with van der Waals surface area (Å²) in [7, 11) is 1.71. The van der Waals surface area contributed by atoms with E-state index in [0.717, 1.165) is 6.20 Å². The topological polar surface area (TPSA) is 63.8 Å². The van der Waals surface area contributed by atoms with Gasteiger partial charge >= 0.3 is 0 Å². The highest BCUT2D eigenvalue weighted by Gasteiger charge is 2.19. The van der Waals surface area contributed by atoms with Gasteiger partial charge < -0.3 is 11.1 Å². The first kappa shape index (κ1) is 12.7. The van der Waals surface area contributed by atoms with Gasteiger partial charge in [-0.05, 0) is 19.2 Å². The van der Waals surface area contributed by atoms with Gasteiger partial charge in [-0.15, -0.1) is 0 Å². The normalized spacial score (nSPS) is 12.4. The van der Waals surface area contributed by atoms with Crippen molar-refractivity contribution in [3.63, 3.8) is 0 Å². The lowest BCUT2D eigenvalue weighted by molar-refractivity contribution is 0.571. The number of halogens is 2. The molecule has 18 heavy (non-hydrogen) atoms. The fraction of sp³-hybridized carbons (Fsp3) is 0.167. The molecule has 4 nitrogen and oxygen atoms in total. The number of nitrogens with one attached hydrogen (secondary N) is 1. The Balaban J connectivity index is 2.52. The molecule has 0 saturated carbocycles. The molecule has 0 aliphatic rings. The van der Waals surface area contributed by atoms with Gasteiger partial charge in [0.05, 0.1) is 17.3 Å². The summed E-state index contributed by atoms with van der Waals surface area (Å²) >= 11 is 5.89. The van der Waals surface area contributed by atoms with E-state index in [4.69, 9.17) is 17.3 Å². The highest BCUT2D eigenvalue weighted by atomic mass is 35.5. The molecular formula is C12H12ClFN4. The number of pyridine rings is 2. The Labute approximate surface area is 109 Å². The summed E-state index contributed by atoms with van der Waals surface area (Å²) in [5, 5.41) is 3.45. The predicted molar refractivity (Wildman–Crippen MR) is 68.8 cm³/mol. The van der Waals surface area contributed by atoms with Gasteiger partial charge in [0, 0.05) is 23.5 Å². The van der Waals surface area contributed by atoms with Gasteiger partial charge in [0.1, 0.15) is 11.6 Å². The van der Waals surface area contributed by atoms with Crippen molar-refractivity contribution in [2.45, 2.75) is 6.04 Å². The molecular weight excluding hydrogens is 255 g/mol. The Hall–Kier alpha value is -1.72. The average Bonchev–Trinajstić information content (AvgIpc) is 2.36. The Morgan fingerprint density at radius 3 is 2.83 bits per heavy atom. The molecule has 0 amide bonds. The van der Waals surface area contributed by atoms with Crippen LogP contribution < -0.4 is 11.1 Å². The molecule has 0 aliphatic carbocycles. The van der Waals surface area contributed by atoms with E-state index in [9.17, 15) is 4.39 Å². The minimum absolute atomic E-state index is 0.315. The number of hydrogen-bond donors (Lipinski definition) is 2. The number of nitrogens with zero attached hydrogens (tertiary/aromatic N) is 2. The van der Waals surface area contributed by atoms with Gasteiger partial charge in [0.2, 0.25) is 0 Å². The van der Waals surface area contributed by atoms with Crippen LogP contribution in [0.15, 0.2) is 30.7 Å². The summed E-state index contributed by atoms with van der Waals surface area (Å²) in [6.07, 6.45) is 4.14. The van der Waals surface area contributed by atoms with Crippen LogP contribution in [0.3, 0.4) is 0 Å². The monoisotopic (exact) mass is 266 g/mol. The zero-order chi connectivity index (χ0) is 13.1. The molecule has 6 heteroatoms. The first-order valence-corrected chi connectivity index (χ1v) is 5.69. The van der Waals surface area contributed by atoms with Crippen LogP contribution in [-0.2, 0) is 0 Å². The van der Waals surface area contributed by atoms with E-state index >= 15 is 0 Å². The fourth-order valence-corrected chi connectivity index (χ4v) is 1.96. The SMILES string of the molecule is CNC(c1ccncc1F)c1cc(Cl)cnc1N. The first-order valence-electron chi connectivity index (χ1n) is 5.31. The van der Waals surface area contributed by atoms with Gasteiger partial charge in [0.25, 0.3) is 0 Å². The average molecular weight is 267 g/mol. The summed E-state index contributed by atoms with van der Waals surface area (Å²) in [6, 6.07) is 2.85. The van der Waals surface area contributed by atoms with E-state index in [0.29, 0.717) is 22.0 Å². The van der Waals surface area contributed by atoms with Crippen molar-refractivity contribution in [1.29, 1.82) is 0 Å². The number of rotatable bonds is 3. The van der Waals surface area contributed by atoms with E-state index in [1.54, 1.807) is 19.2 Å². The van der Waals surface area contributed by atoms with Crippen molar-refractivity contribution in [2.75, 3.05) is 12.8 Å². The molecule has 2 heterocycles. The number of nitrogens with two attached hydrogens (primary N) is 1. The van der Waals surface area contributed by atoms with Crippen LogP contribution in [0.2, 0.25) is 5.02 Å². The smallest absolute Gasteiger partial charge is 0.146 e. The van der Waals surface area contributed by atoms with Crippen LogP contribution in [0.5, 0.6) is 0 Å². The molecule has 0 fully saturated rings. The van der Waals surface area contributed by atoms with Crippen molar-refractivity contribution in [3.8, 4) is 0 Å². The van der Waals surface area contributed by atoms with E-state index in [2.05, 4.69) is 15.3 Å². The lowest BCUT2D eigenvalue weighted by atomic mass is 10.00. The summed E-state index contributed by atoms with van der Waals surface area (Å²) < 4.78 is 13.7. The van der Waals surface area contributed by atoms with Gasteiger partial charge in [-0.2, -0.15) is 0 Å². The molecule has 0 aromatic carbocycles. The maximum absolute atomic E-state index is 13.7. The fourth-order valence-electron chi connectivity index (χ4n) is 1.80. The summed E-state index contributed by atoms with van der Waals surface area (Å²) in [5.74, 6) is -0.0915. The van der Waals surface area contributed by atoms with E-state index in [-0.39, 0.29) is 0 Å². The highest BCUT2D eigenvalue weighted by Crippen LogP contribution is 2.28. The molecule has 0 aliphatic heterocycles. The molecule has 2 aromatic rings. The Bertz CT molecular complexity index is 562. The molecule has 2 rings (SSSR count). The van der Waals surface area contributed by atoms with E-state index < -0.39 is 11.9 Å². The lowest BCUT2D eigenvalue weighted by Gasteiger charge is -2.19. The zero-order valence-corrected chi connectivity index (χ0v) is 10.4. The van der Waals surface area contributed by atoms with Gasteiger partial charge in [-0.1, -0.05) is 11.6 Å². The summed E-state index contributed by atoms with van der Waals surface area (Å²) in [6.45, 7) is 0. The van der Waals surface area contributed by atoms with E-state index in [1.807, 2.05) is 0 Å². The standard InChI is InChI=1S/C12H12ClFN4/c1-16-11(8-2-3-17-6-10(8)14)9-4-7(13)5-18-12(9)15/h2-6,11,16H,1H3,(H2,15,18). The molecule has 1 unspecified atom stereocenters. The van der Waals surface area contributed by atoms with Crippen molar-refractivity contribution >= 4 is 17.4 Å². The van der Waals surface area contributed by atoms with Crippen molar-refractivity contribution in [3.05, 3.63) is 52.7 Å². The molecule has 0 saturated heterocycles. The maximum Gasteiger partial charge on any atom is 0.146 e. The molecule has 1 atom stereocenters. The Morgan fingerprint density at radius 2 is 2.17 bits per heavy atom. The third-order valence-corrected chi connectivity index (χ3v) is 2.84. The maximum atomic E-state index is 13.7. The molecule has 0 spiro atoms. The van der Waals surface area contributed by atoms with Gasteiger partial charge in [-0.25, -0.2) is 9.37 Å². The molecule has 0 radical (unpaired) electrons. The summed E-state index contributed by atoms with van der Waals surface area (Å²) in [5.41, 5.74) is 6.89. The first-order chi connectivity index (χ1) is 8.63. The van der Waals surface area contributed by atoms with Crippen LogP contribution in [0.4, 0.5) is 10.2 Å². The Morgan fingerprint density at radius 1 is 1.39 bits per heavy atom. The van der Waals surface area contributed by atoms with Crippen LogP contribution >= 0.6 is 11.6 Å². The highest BCUT2D eigenvalue weighted by molar-refractivity contribution is 6.30. The van der Waals surface area contributed by atoms with Crippen LogP contribution in [0, 0.1) is 5.82 Å². The quantitative estimate of drug-likeness (QED) is 0.894.